The second kappa shape index (κ2) is 13.9. The molecule has 1 amide bonds. The van der Waals surface area contributed by atoms with E-state index in [0.717, 1.165) is 11.1 Å². The van der Waals surface area contributed by atoms with Crippen LogP contribution in [0.1, 0.15) is 42.6 Å². The predicted octanol–water partition coefficient (Wildman–Crippen LogP) is 3.96. The molecule has 4 heterocycles. The molecule has 3 aromatic heterocycles. The molecule has 0 unspecified atom stereocenters. The maximum absolute atomic E-state index is 13.3. The van der Waals surface area contributed by atoms with E-state index in [0.29, 0.717) is 54.0 Å². The SMILES string of the molecule is COc1cnc(-n2cn[c-]n2)c2[nH]cc(C(=O)C(=O)N3CCC(=C(C#N)c4ccccc4)CC3)c12.C[CH-]C.[Y]. The minimum absolute atomic E-state index is 0. The van der Waals surface area contributed by atoms with Crippen molar-refractivity contribution in [1.29, 1.82) is 5.26 Å². The number of rotatable bonds is 5. The summed E-state index contributed by atoms with van der Waals surface area (Å²) in [5, 5.41) is 14.1. The van der Waals surface area contributed by atoms with E-state index in [-0.39, 0.29) is 38.3 Å². The zero-order valence-electron chi connectivity index (χ0n) is 22.0. The Hall–Kier alpha value is -3.68. The molecule has 39 heavy (non-hydrogen) atoms. The summed E-state index contributed by atoms with van der Waals surface area (Å²) >= 11 is 0. The molecule has 10 nitrogen and oxygen atoms in total. The van der Waals surface area contributed by atoms with E-state index in [1.54, 1.807) is 0 Å². The number of piperidine rings is 1. The Balaban J connectivity index is 0.00000101. The first-order valence-corrected chi connectivity index (χ1v) is 12.1. The smallest absolute Gasteiger partial charge is 0.295 e. The third-order valence-electron chi connectivity index (χ3n) is 6.09. The first-order valence-electron chi connectivity index (χ1n) is 12.1. The Morgan fingerprint density at radius 3 is 2.46 bits per heavy atom. The van der Waals surface area contributed by atoms with Gasteiger partial charge in [-0.05, 0) is 36.6 Å². The Kier molecular flexibility index (Phi) is 10.7. The monoisotopic (exact) mass is 598 g/mol. The fraction of sp³-hybridized carbons (Fsp3) is 0.250. The molecule has 5 rings (SSSR count). The predicted molar refractivity (Wildman–Crippen MR) is 141 cm³/mol. The van der Waals surface area contributed by atoms with Crippen LogP contribution in [0.3, 0.4) is 0 Å². The number of ketones is 1. The zero-order chi connectivity index (χ0) is 27.1. The number of nitriles is 1. The quantitative estimate of drug-likeness (QED) is 0.159. The number of allylic oxidation sites excluding steroid dienone is 1. The summed E-state index contributed by atoms with van der Waals surface area (Å²) in [6.07, 6.45) is 9.92. The van der Waals surface area contributed by atoms with Crippen molar-refractivity contribution >= 4 is 28.2 Å². The Bertz CT molecular complexity index is 1500. The maximum Gasteiger partial charge on any atom is 0.295 e. The van der Waals surface area contributed by atoms with Crippen molar-refractivity contribution in [3.8, 4) is 17.6 Å². The van der Waals surface area contributed by atoms with Gasteiger partial charge >= 0.3 is 0 Å². The van der Waals surface area contributed by atoms with Crippen LogP contribution in [0.5, 0.6) is 5.75 Å². The number of nitrogens with one attached hydrogen (secondary N) is 1. The van der Waals surface area contributed by atoms with Gasteiger partial charge in [-0.3, -0.25) is 14.7 Å². The number of likely N-dealkylation sites (tertiary alicyclic amines) is 1. The normalized spacial score (nSPS) is 12.6. The van der Waals surface area contributed by atoms with Gasteiger partial charge in [0.25, 0.3) is 11.7 Å². The number of pyridine rings is 1. The molecule has 0 bridgehead atoms. The van der Waals surface area contributed by atoms with Crippen LogP contribution >= 0.6 is 0 Å². The van der Waals surface area contributed by atoms with Crippen molar-refractivity contribution in [3.63, 3.8) is 0 Å². The molecule has 4 aromatic rings. The molecule has 11 heteroatoms. The molecule has 1 aliphatic heterocycles. The van der Waals surface area contributed by atoms with Crippen molar-refractivity contribution in [2.24, 2.45) is 0 Å². The van der Waals surface area contributed by atoms with Crippen LogP contribution in [-0.4, -0.2) is 61.5 Å². The summed E-state index contributed by atoms with van der Waals surface area (Å²) in [6, 6.07) is 11.8. The van der Waals surface area contributed by atoms with Crippen molar-refractivity contribution in [2.45, 2.75) is 26.7 Å². The summed E-state index contributed by atoms with van der Waals surface area (Å²) in [4.78, 5) is 39.2. The van der Waals surface area contributed by atoms with Gasteiger partial charge in [-0.2, -0.15) is 19.1 Å². The summed E-state index contributed by atoms with van der Waals surface area (Å²) in [5.41, 5.74) is 3.17. The number of ether oxygens (including phenoxy) is 1. The molecule has 0 saturated carbocycles. The summed E-state index contributed by atoms with van der Waals surface area (Å²) in [7, 11) is 1.47. The average molecular weight is 598 g/mol. The maximum atomic E-state index is 13.3. The second-order valence-corrected chi connectivity index (χ2v) is 8.55. The molecule has 0 aliphatic carbocycles. The standard InChI is InChI=1S/C25H20N7O3.C3H7.Y/c1-35-20-13-29-24(32-15-27-14-30-32)22-21(20)19(12-28-22)23(33)25(34)31-9-7-17(8-10-31)18(11-26)16-5-3-2-4-6-16;1-3-2;/h2-6,12-13,15,28H,7-10H2,1H3;3H,1-2H3;/q2*-1;. The number of nitrogens with zero attached hydrogens (tertiary/aromatic N) is 6. The van der Waals surface area contributed by atoms with E-state index >= 15 is 0 Å². The molecule has 1 aromatic carbocycles. The number of hydrogen-bond acceptors (Lipinski definition) is 7. The molecule has 1 radical (unpaired) electrons. The number of H-pyrrole nitrogens is 1. The molecular weight excluding hydrogens is 571 g/mol. The van der Waals surface area contributed by atoms with Gasteiger partial charge in [-0.25, -0.2) is 4.98 Å². The van der Waals surface area contributed by atoms with Crippen LogP contribution in [0, 0.1) is 24.1 Å². The third-order valence-corrected chi connectivity index (χ3v) is 6.09. The Morgan fingerprint density at radius 1 is 1.18 bits per heavy atom. The zero-order valence-corrected chi connectivity index (χ0v) is 24.8. The number of hydrogen-bond donors (Lipinski definition) is 1. The summed E-state index contributed by atoms with van der Waals surface area (Å²) in [5.74, 6) is -0.486. The van der Waals surface area contributed by atoms with E-state index in [1.165, 1.54) is 35.4 Å². The van der Waals surface area contributed by atoms with Gasteiger partial charge in [-0.15, -0.1) is 0 Å². The Morgan fingerprint density at radius 2 is 1.87 bits per heavy atom. The minimum atomic E-state index is -0.646. The second-order valence-electron chi connectivity index (χ2n) is 8.55. The van der Waals surface area contributed by atoms with E-state index in [9.17, 15) is 14.9 Å². The Labute approximate surface area is 252 Å². The number of Topliss-reactive ketones (excluding diaryl/α,β-unsaturated/α-hetero) is 1. The molecular formula is C28H27N7O3Y-2. The number of carbonyl (C=O) groups is 2. The summed E-state index contributed by atoms with van der Waals surface area (Å²) in [6.45, 7) is 4.72. The van der Waals surface area contributed by atoms with Gasteiger partial charge in [0.1, 0.15) is 5.75 Å². The number of aromatic nitrogens is 5. The van der Waals surface area contributed by atoms with Gasteiger partial charge in [0, 0.05) is 52.0 Å². The molecule has 0 atom stereocenters. The van der Waals surface area contributed by atoms with Gasteiger partial charge in [0.05, 0.1) is 41.4 Å². The first kappa shape index (κ1) is 29.9. The van der Waals surface area contributed by atoms with Crippen LogP contribution < -0.4 is 4.74 Å². The van der Waals surface area contributed by atoms with Crippen molar-refractivity contribution in [3.05, 3.63) is 78.5 Å². The molecule has 0 spiro atoms. The van der Waals surface area contributed by atoms with Gasteiger partial charge < -0.3 is 30.7 Å². The summed E-state index contributed by atoms with van der Waals surface area (Å²) < 4.78 is 6.83. The number of aromatic amines is 1. The largest absolute Gasteiger partial charge is 0.494 e. The van der Waals surface area contributed by atoms with Crippen LogP contribution in [-0.2, 0) is 37.5 Å². The minimum Gasteiger partial charge on any atom is -0.494 e. The number of benzene rings is 1. The van der Waals surface area contributed by atoms with Crippen LogP contribution in [0.4, 0.5) is 0 Å². The van der Waals surface area contributed by atoms with Crippen LogP contribution in [0.15, 0.2) is 54.6 Å². The number of carbonyl (C=O) groups excluding carboxylic acids is 2. The fourth-order valence-electron chi connectivity index (χ4n) is 4.34. The fourth-order valence-corrected chi connectivity index (χ4v) is 4.34. The average Bonchev–Trinajstić information content (AvgIpc) is 3.65. The first-order chi connectivity index (χ1) is 18.5. The van der Waals surface area contributed by atoms with Crippen LogP contribution in [0.2, 0.25) is 0 Å². The van der Waals surface area contributed by atoms with Gasteiger partial charge in [-0.1, -0.05) is 30.3 Å². The molecule has 1 N–H and O–H groups in total. The van der Waals surface area contributed by atoms with Crippen molar-refractivity contribution < 1.29 is 47.0 Å². The van der Waals surface area contributed by atoms with E-state index in [1.807, 2.05) is 50.6 Å². The number of methoxy groups -OCH3 is 1. The van der Waals surface area contributed by atoms with E-state index in [2.05, 4.69) is 32.4 Å². The molecule has 197 valence electrons. The van der Waals surface area contributed by atoms with Crippen LogP contribution in [0.25, 0.3) is 22.3 Å². The number of fused-ring (bicyclic) bond motifs is 1. The molecule has 1 saturated heterocycles. The van der Waals surface area contributed by atoms with Crippen molar-refractivity contribution in [1.82, 2.24) is 29.6 Å². The van der Waals surface area contributed by atoms with Gasteiger partial charge in [0.2, 0.25) is 0 Å². The topological polar surface area (TPSA) is 130 Å². The van der Waals surface area contributed by atoms with E-state index in [4.69, 9.17) is 4.74 Å². The van der Waals surface area contributed by atoms with E-state index < -0.39 is 11.7 Å². The van der Waals surface area contributed by atoms with Gasteiger partial charge in [0.15, 0.2) is 5.82 Å². The van der Waals surface area contributed by atoms with Crippen molar-refractivity contribution in [2.75, 3.05) is 20.2 Å². The number of amides is 1. The molecule has 1 aliphatic rings. The molecule has 1 fully saturated rings. The third kappa shape index (κ3) is 6.32.